The van der Waals surface area contributed by atoms with E-state index in [0.29, 0.717) is 5.92 Å². The summed E-state index contributed by atoms with van der Waals surface area (Å²) in [6.07, 6.45) is 1.75. The van der Waals surface area contributed by atoms with Gasteiger partial charge in [-0.25, -0.2) is 0 Å². The maximum atomic E-state index is 5.16. The number of rotatable bonds is 4. The molecule has 1 aromatic carbocycles. The first-order valence-corrected chi connectivity index (χ1v) is 6.51. The van der Waals surface area contributed by atoms with Crippen LogP contribution in [0.2, 0.25) is 0 Å². The Balaban J connectivity index is 1.95. The predicted molar refractivity (Wildman–Crippen MR) is 69.9 cm³/mol. The van der Waals surface area contributed by atoms with Gasteiger partial charge in [-0.1, -0.05) is 47.1 Å². The van der Waals surface area contributed by atoms with E-state index in [1.54, 1.807) is 0 Å². The van der Waals surface area contributed by atoms with Crippen LogP contribution in [-0.4, -0.2) is 10.1 Å². The fourth-order valence-electron chi connectivity index (χ4n) is 1.51. The number of hydrogen-bond donors (Lipinski definition) is 0. The van der Waals surface area contributed by atoms with E-state index in [1.165, 1.54) is 5.56 Å². The molecule has 0 atom stereocenters. The number of halogens is 1. The summed E-state index contributed by atoms with van der Waals surface area (Å²) in [5.41, 5.74) is 1.28. The Morgan fingerprint density at radius 3 is 2.47 bits per heavy atom. The van der Waals surface area contributed by atoms with Crippen LogP contribution in [0.25, 0.3) is 0 Å². The summed E-state index contributed by atoms with van der Waals surface area (Å²) in [7, 11) is 0. The van der Waals surface area contributed by atoms with Gasteiger partial charge in [-0.05, 0) is 24.1 Å². The van der Waals surface area contributed by atoms with Crippen LogP contribution in [-0.2, 0) is 12.8 Å². The van der Waals surface area contributed by atoms with Gasteiger partial charge in [0.05, 0.1) is 0 Å². The fraction of sp³-hybridized carbons (Fsp3) is 0.385. The average Bonchev–Trinajstić information content (AvgIpc) is 2.77. The molecule has 1 aromatic heterocycles. The highest BCUT2D eigenvalue weighted by atomic mass is 79.9. The van der Waals surface area contributed by atoms with Crippen molar-refractivity contribution >= 4 is 15.9 Å². The van der Waals surface area contributed by atoms with Crippen molar-refractivity contribution in [3.8, 4) is 0 Å². The van der Waals surface area contributed by atoms with Crippen molar-refractivity contribution in [2.75, 3.05) is 0 Å². The highest BCUT2D eigenvalue weighted by molar-refractivity contribution is 9.10. The molecule has 0 radical (unpaired) electrons. The predicted octanol–water partition coefficient (Wildman–Crippen LogP) is 3.74. The number of aryl methyl sites for hydroxylation is 2. The molecule has 2 aromatic rings. The van der Waals surface area contributed by atoms with Crippen LogP contribution in [0.1, 0.15) is 37.0 Å². The quantitative estimate of drug-likeness (QED) is 0.862. The minimum atomic E-state index is 0.295. The minimum Gasteiger partial charge on any atom is -0.339 e. The Morgan fingerprint density at radius 1 is 1.18 bits per heavy atom. The molecule has 0 fully saturated rings. The van der Waals surface area contributed by atoms with Crippen molar-refractivity contribution in [1.82, 2.24) is 10.1 Å². The van der Waals surface area contributed by atoms with Crippen LogP contribution in [0.3, 0.4) is 0 Å². The lowest BCUT2D eigenvalue weighted by Gasteiger charge is -1.98. The van der Waals surface area contributed by atoms with Gasteiger partial charge in [0.15, 0.2) is 5.82 Å². The first kappa shape index (κ1) is 12.3. The van der Waals surface area contributed by atoms with E-state index in [0.717, 1.165) is 29.0 Å². The molecule has 0 amide bonds. The topological polar surface area (TPSA) is 38.9 Å². The fourth-order valence-corrected chi connectivity index (χ4v) is 1.78. The summed E-state index contributed by atoms with van der Waals surface area (Å²) < 4.78 is 6.26. The SMILES string of the molecule is CC(C)c1nc(CCc2ccc(Br)cc2)no1. The molecule has 3 nitrogen and oxygen atoms in total. The number of benzene rings is 1. The summed E-state index contributed by atoms with van der Waals surface area (Å²) in [6, 6.07) is 8.30. The van der Waals surface area contributed by atoms with Gasteiger partial charge < -0.3 is 4.52 Å². The lowest BCUT2D eigenvalue weighted by atomic mass is 10.1. The van der Waals surface area contributed by atoms with E-state index in [-0.39, 0.29) is 0 Å². The standard InChI is InChI=1S/C13H15BrN2O/c1-9(2)13-15-12(16-17-13)8-5-10-3-6-11(14)7-4-10/h3-4,6-7,9H,5,8H2,1-2H3. The second-order valence-corrected chi connectivity index (χ2v) is 5.25. The van der Waals surface area contributed by atoms with Gasteiger partial charge in [0.1, 0.15) is 0 Å². The van der Waals surface area contributed by atoms with Crippen LogP contribution in [0.15, 0.2) is 33.3 Å². The van der Waals surface area contributed by atoms with Crippen molar-refractivity contribution in [1.29, 1.82) is 0 Å². The molecule has 0 bridgehead atoms. The van der Waals surface area contributed by atoms with Crippen LogP contribution < -0.4 is 0 Å². The summed E-state index contributed by atoms with van der Waals surface area (Å²) in [6.45, 7) is 4.10. The lowest BCUT2D eigenvalue weighted by Crippen LogP contribution is -1.94. The summed E-state index contributed by atoms with van der Waals surface area (Å²) in [5, 5.41) is 3.97. The van der Waals surface area contributed by atoms with Gasteiger partial charge in [0, 0.05) is 16.8 Å². The first-order valence-electron chi connectivity index (χ1n) is 5.72. The third-order valence-electron chi connectivity index (χ3n) is 2.53. The zero-order chi connectivity index (χ0) is 12.3. The molecule has 4 heteroatoms. The van der Waals surface area contributed by atoms with Gasteiger partial charge in [-0.15, -0.1) is 0 Å². The zero-order valence-corrected chi connectivity index (χ0v) is 11.6. The number of aromatic nitrogens is 2. The zero-order valence-electron chi connectivity index (χ0n) is 9.98. The molecule has 0 unspecified atom stereocenters. The minimum absolute atomic E-state index is 0.295. The van der Waals surface area contributed by atoms with Crippen molar-refractivity contribution < 1.29 is 4.52 Å². The summed E-state index contributed by atoms with van der Waals surface area (Å²) in [5.74, 6) is 1.80. The van der Waals surface area contributed by atoms with E-state index < -0.39 is 0 Å². The Morgan fingerprint density at radius 2 is 1.88 bits per heavy atom. The van der Waals surface area contributed by atoms with Crippen LogP contribution in [0, 0.1) is 0 Å². The Bertz CT molecular complexity index is 476. The largest absolute Gasteiger partial charge is 0.339 e. The van der Waals surface area contributed by atoms with Crippen LogP contribution in [0.5, 0.6) is 0 Å². The van der Waals surface area contributed by atoms with Gasteiger partial charge in [0.25, 0.3) is 0 Å². The monoisotopic (exact) mass is 294 g/mol. The van der Waals surface area contributed by atoms with Crippen molar-refractivity contribution in [3.05, 3.63) is 46.0 Å². The third kappa shape index (κ3) is 3.40. The molecular formula is C13H15BrN2O. The van der Waals surface area contributed by atoms with E-state index in [1.807, 2.05) is 26.0 Å². The molecule has 90 valence electrons. The smallest absolute Gasteiger partial charge is 0.229 e. The molecule has 1 heterocycles. The second kappa shape index (κ2) is 5.45. The molecule has 0 N–H and O–H groups in total. The van der Waals surface area contributed by atoms with E-state index in [4.69, 9.17) is 4.52 Å². The Kier molecular flexibility index (Phi) is 3.94. The van der Waals surface area contributed by atoms with Gasteiger partial charge >= 0.3 is 0 Å². The van der Waals surface area contributed by atoms with Crippen LogP contribution >= 0.6 is 15.9 Å². The Labute approximate surface area is 109 Å². The molecular weight excluding hydrogens is 280 g/mol. The highest BCUT2D eigenvalue weighted by Gasteiger charge is 2.09. The number of nitrogens with zero attached hydrogens (tertiary/aromatic N) is 2. The normalized spacial score (nSPS) is 11.1. The van der Waals surface area contributed by atoms with Gasteiger partial charge in [-0.3, -0.25) is 0 Å². The summed E-state index contributed by atoms with van der Waals surface area (Å²) >= 11 is 3.42. The Hall–Kier alpha value is -1.16. The first-order chi connectivity index (χ1) is 8.15. The molecule has 0 saturated carbocycles. The van der Waals surface area contributed by atoms with Crippen molar-refractivity contribution in [3.63, 3.8) is 0 Å². The maximum Gasteiger partial charge on any atom is 0.229 e. The molecule has 0 spiro atoms. The molecule has 17 heavy (non-hydrogen) atoms. The van der Waals surface area contributed by atoms with Crippen molar-refractivity contribution in [2.24, 2.45) is 0 Å². The molecule has 0 aliphatic carbocycles. The maximum absolute atomic E-state index is 5.16. The van der Waals surface area contributed by atoms with Gasteiger partial charge in [0.2, 0.25) is 5.89 Å². The van der Waals surface area contributed by atoms with Crippen LogP contribution in [0.4, 0.5) is 0 Å². The molecule has 0 aliphatic rings. The van der Waals surface area contributed by atoms with Gasteiger partial charge in [-0.2, -0.15) is 4.98 Å². The molecule has 0 aliphatic heterocycles. The number of hydrogen-bond acceptors (Lipinski definition) is 3. The highest BCUT2D eigenvalue weighted by Crippen LogP contribution is 2.14. The van der Waals surface area contributed by atoms with E-state index >= 15 is 0 Å². The second-order valence-electron chi connectivity index (χ2n) is 4.33. The van der Waals surface area contributed by atoms with E-state index in [2.05, 4.69) is 38.2 Å². The molecule has 2 rings (SSSR count). The lowest BCUT2D eigenvalue weighted by molar-refractivity contribution is 0.360. The molecule has 0 saturated heterocycles. The third-order valence-corrected chi connectivity index (χ3v) is 3.06. The van der Waals surface area contributed by atoms with Crippen molar-refractivity contribution in [2.45, 2.75) is 32.6 Å². The average molecular weight is 295 g/mol. The van der Waals surface area contributed by atoms with E-state index in [9.17, 15) is 0 Å². The summed E-state index contributed by atoms with van der Waals surface area (Å²) in [4.78, 5) is 4.36.